The minimum absolute atomic E-state index is 0.135. The van der Waals surface area contributed by atoms with Gasteiger partial charge in [0.15, 0.2) is 0 Å². The fourth-order valence-corrected chi connectivity index (χ4v) is 1.53. The molecule has 8 heteroatoms. The van der Waals surface area contributed by atoms with Crippen LogP contribution in [-0.4, -0.2) is 89.4 Å². The molecule has 0 radical (unpaired) electrons. The van der Waals surface area contributed by atoms with Crippen LogP contribution in [0.25, 0.3) is 0 Å². The van der Waals surface area contributed by atoms with Crippen LogP contribution < -0.4 is 0 Å². The van der Waals surface area contributed by atoms with Crippen LogP contribution in [0.2, 0.25) is 0 Å². The van der Waals surface area contributed by atoms with Gasteiger partial charge in [0.25, 0.3) is 0 Å². The summed E-state index contributed by atoms with van der Waals surface area (Å²) in [4.78, 5) is 11.4. The molecule has 0 atom stereocenters. The Morgan fingerprint density at radius 3 is 1.78 bits per heavy atom. The highest BCUT2D eigenvalue weighted by Crippen LogP contribution is 2.05. The second kappa shape index (κ2) is 17.6. The third-order valence-electron chi connectivity index (χ3n) is 2.94. The molecule has 23 heavy (non-hydrogen) atoms. The first kappa shape index (κ1) is 22.2. The first-order valence-corrected chi connectivity index (χ1v) is 7.84. The molecule has 0 amide bonds. The Kier molecular flexibility index (Phi) is 17.0. The smallest absolute Gasteiger partial charge is 0.305 e. The van der Waals surface area contributed by atoms with Gasteiger partial charge in [-0.1, -0.05) is 0 Å². The number of hydrogen-bond donors (Lipinski definition) is 2. The largest absolute Gasteiger partial charge is 0.463 e. The number of methoxy groups -OCH3 is 1. The Morgan fingerprint density at radius 2 is 1.30 bits per heavy atom. The van der Waals surface area contributed by atoms with Crippen molar-refractivity contribution in [3.8, 4) is 0 Å². The predicted molar refractivity (Wildman–Crippen MR) is 82.2 cm³/mol. The van der Waals surface area contributed by atoms with Crippen molar-refractivity contribution in [2.24, 2.45) is 5.92 Å². The van der Waals surface area contributed by atoms with Crippen LogP contribution in [-0.2, 0) is 28.5 Å². The molecule has 0 aromatic rings. The molecule has 0 rings (SSSR count). The Labute approximate surface area is 137 Å². The van der Waals surface area contributed by atoms with E-state index in [9.17, 15) is 4.79 Å². The molecule has 0 aliphatic heterocycles. The lowest BCUT2D eigenvalue weighted by atomic mass is 10.1. The molecule has 0 heterocycles. The molecule has 0 spiro atoms. The van der Waals surface area contributed by atoms with Gasteiger partial charge in [0.1, 0.15) is 6.61 Å². The van der Waals surface area contributed by atoms with Crippen molar-refractivity contribution in [2.75, 3.05) is 73.2 Å². The lowest BCUT2D eigenvalue weighted by molar-refractivity contribution is -0.145. The first-order valence-electron chi connectivity index (χ1n) is 7.84. The van der Waals surface area contributed by atoms with E-state index in [0.717, 1.165) is 0 Å². The molecule has 0 aliphatic carbocycles. The lowest BCUT2D eigenvalue weighted by Crippen LogP contribution is -2.16. The zero-order valence-electron chi connectivity index (χ0n) is 13.9. The third-order valence-corrected chi connectivity index (χ3v) is 2.94. The summed E-state index contributed by atoms with van der Waals surface area (Å²) >= 11 is 0. The average Bonchev–Trinajstić information content (AvgIpc) is 2.56. The van der Waals surface area contributed by atoms with E-state index in [1.165, 1.54) is 0 Å². The maximum absolute atomic E-state index is 11.4. The van der Waals surface area contributed by atoms with Crippen molar-refractivity contribution < 1.29 is 38.7 Å². The van der Waals surface area contributed by atoms with Gasteiger partial charge in [-0.3, -0.25) is 4.79 Å². The van der Waals surface area contributed by atoms with Crippen LogP contribution in [0.1, 0.15) is 12.8 Å². The Morgan fingerprint density at radius 1 is 0.826 bits per heavy atom. The van der Waals surface area contributed by atoms with E-state index in [1.807, 2.05) is 0 Å². The SMILES string of the molecule is COCCOCCOCCOCCOC(=O)CCC(CO)CO. The number of carbonyl (C=O) groups is 1. The van der Waals surface area contributed by atoms with Gasteiger partial charge in [-0.25, -0.2) is 0 Å². The van der Waals surface area contributed by atoms with Crippen molar-refractivity contribution >= 4 is 5.97 Å². The molecule has 138 valence electrons. The fourth-order valence-electron chi connectivity index (χ4n) is 1.53. The number of esters is 1. The molecule has 0 saturated carbocycles. The van der Waals surface area contributed by atoms with Crippen LogP contribution in [0.3, 0.4) is 0 Å². The monoisotopic (exact) mass is 338 g/mol. The van der Waals surface area contributed by atoms with Gasteiger partial charge in [0.2, 0.25) is 0 Å². The Balaban J connectivity index is 3.22. The van der Waals surface area contributed by atoms with Gasteiger partial charge in [-0.15, -0.1) is 0 Å². The normalized spacial score (nSPS) is 11.1. The Hall–Kier alpha value is -0.770. The summed E-state index contributed by atoms with van der Waals surface area (Å²) < 4.78 is 25.6. The molecule has 2 N–H and O–H groups in total. The zero-order valence-corrected chi connectivity index (χ0v) is 13.9. The lowest BCUT2D eigenvalue weighted by Gasteiger charge is -2.10. The summed E-state index contributed by atoms with van der Waals surface area (Å²) in [6, 6.07) is 0. The summed E-state index contributed by atoms with van der Waals surface area (Å²) in [6.07, 6.45) is 0.588. The van der Waals surface area contributed by atoms with Crippen molar-refractivity contribution in [3.63, 3.8) is 0 Å². The van der Waals surface area contributed by atoms with Crippen LogP contribution in [0.4, 0.5) is 0 Å². The number of aliphatic hydroxyl groups excluding tert-OH is 2. The van der Waals surface area contributed by atoms with Gasteiger partial charge in [0, 0.05) is 32.7 Å². The van der Waals surface area contributed by atoms with E-state index >= 15 is 0 Å². The highest BCUT2D eigenvalue weighted by molar-refractivity contribution is 5.69. The van der Waals surface area contributed by atoms with Crippen LogP contribution >= 0.6 is 0 Å². The summed E-state index contributed by atoms with van der Waals surface area (Å²) in [5, 5.41) is 17.7. The number of rotatable bonds is 17. The molecule has 0 unspecified atom stereocenters. The molecular formula is C15H30O8. The van der Waals surface area contributed by atoms with Crippen molar-refractivity contribution in [2.45, 2.75) is 12.8 Å². The third kappa shape index (κ3) is 15.9. The Bertz CT molecular complexity index is 258. The molecule has 0 aromatic heterocycles. The number of hydrogen-bond acceptors (Lipinski definition) is 8. The quantitative estimate of drug-likeness (QED) is 0.273. The summed E-state index contributed by atoms with van der Waals surface area (Å²) in [7, 11) is 1.62. The number of carbonyl (C=O) groups excluding carboxylic acids is 1. The van der Waals surface area contributed by atoms with E-state index in [0.29, 0.717) is 52.7 Å². The van der Waals surface area contributed by atoms with Gasteiger partial charge in [0.05, 0.1) is 46.2 Å². The molecular weight excluding hydrogens is 308 g/mol. The molecule has 0 bridgehead atoms. The number of ether oxygens (including phenoxy) is 5. The zero-order chi connectivity index (χ0) is 17.2. The number of aliphatic hydroxyl groups is 2. The maximum Gasteiger partial charge on any atom is 0.305 e. The fraction of sp³-hybridized carbons (Fsp3) is 0.933. The molecule has 0 fully saturated rings. The van der Waals surface area contributed by atoms with Crippen molar-refractivity contribution in [1.29, 1.82) is 0 Å². The van der Waals surface area contributed by atoms with Gasteiger partial charge in [-0.2, -0.15) is 0 Å². The second-order valence-corrected chi connectivity index (χ2v) is 4.82. The maximum atomic E-state index is 11.4. The van der Waals surface area contributed by atoms with Crippen LogP contribution in [0.15, 0.2) is 0 Å². The first-order chi connectivity index (χ1) is 11.2. The van der Waals surface area contributed by atoms with Crippen molar-refractivity contribution in [1.82, 2.24) is 0 Å². The highest BCUT2D eigenvalue weighted by Gasteiger charge is 2.10. The predicted octanol–water partition coefficient (Wildman–Crippen LogP) is -0.393. The van der Waals surface area contributed by atoms with E-state index in [2.05, 4.69) is 0 Å². The van der Waals surface area contributed by atoms with Gasteiger partial charge >= 0.3 is 5.97 Å². The minimum Gasteiger partial charge on any atom is -0.463 e. The second-order valence-electron chi connectivity index (χ2n) is 4.82. The topological polar surface area (TPSA) is 104 Å². The van der Waals surface area contributed by atoms with E-state index in [-0.39, 0.29) is 38.1 Å². The summed E-state index contributed by atoms with van der Waals surface area (Å²) in [5.41, 5.74) is 0. The highest BCUT2D eigenvalue weighted by atomic mass is 16.6. The molecule has 0 saturated heterocycles. The minimum atomic E-state index is -0.357. The van der Waals surface area contributed by atoms with E-state index in [1.54, 1.807) is 7.11 Å². The van der Waals surface area contributed by atoms with Crippen LogP contribution in [0, 0.1) is 5.92 Å². The van der Waals surface area contributed by atoms with Crippen molar-refractivity contribution in [3.05, 3.63) is 0 Å². The summed E-state index contributed by atoms with van der Waals surface area (Å²) in [6.45, 7) is 3.24. The average molecular weight is 338 g/mol. The van der Waals surface area contributed by atoms with E-state index < -0.39 is 0 Å². The molecule has 8 nitrogen and oxygen atoms in total. The van der Waals surface area contributed by atoms with Gasteiger partial charge in [-0.05, 0) is 6.42 Å². The van der Waals surface area contributed by atoms with Crippen LogP contribution in [0.5, 0.6) is 0 Å². The molecule has 0 aliphatic rings. The molecule has 0 aromatic carbocycles. The standard InChI is InChI=1S/C15H30O8/c1-19-4-5-20-6-7-21-8-9-22-10-11-23-15(18)3-2-14(12-16)13-17/h14,16-17H,2-13H2,1H3. The summed E-state index contributed by atoms with van der Waals surface area (Å²) in [5.74, 6) is -0.626. The van der Waals surface area contributed by atoms with Gasteiger partial charge < -0.3 is 33.9 Å². The van der Waals surface area contributed by atoms with E-state index in [4.69, 9.17) is 33.9 Å².